The summed E-state index contributed by atoms with van der Waals surface area (Å²) < 4.78 is 7.10. The van der Waals surface area contributed by atoms with Crippen LogP contribution < -0.4 is 5.32 Å². The van der Waals surface area contributed by atoms with Gasteiger partial charge in [0.15, 0.2) is 5.82 Å². The number of nitrogens with one attached hydrogen (secondary N) is 1. The highest BCUT2D eigenvalue weighted by molar-refractivity contribution is 5.91. The maximum absolute atomic E-state index is 12.3. The Hall–Kier alpha value is -2.15. The molecule has 0 radical (unpaired) electrons. The quantitative estimate of drug-likeness (QED) is 0.874. The van der Waals surface area contributed by atoms with Crippen LogP contribution in [0.1, 0.15) is 69.5 Å². The van der Waals surface area contributed by atoms with Gasteiger partial charge in [0.1, 0.15) is 5.76 Å². The first-order chi connectivity index (χ1) is 12.2. The summed E-state index contributed by atoms with van der Waals surface area (Å²) in [5.74, 6) is 1.28. The first-order valence-electron chi connectivity index (χ1n) is 9.23. The van der Waals surface area contributed by atoms with Gasteiger partial charge in [-0.25, -0.2) is 0 Å². The third-order valence-corrected chi connectivity index (χ3v) is 4.77. The zero-order valence-electron chi connectivity index (χ0n) is 16.0. The molecule has 7 nitrogen and oxygen atoms in total. The van der Waals surface area contributed by atoms with Gasteiger partial charge in [-0.1, -0.05) is 5.16 Å². The molecule has 2 N–H and O–H groups in total. The lowest BCUT2D eigenvalue weighted by molar-refractivity contribution is -0.115. The van der Waals surface area contributed by atoms with Gasteiger partial charge in [-0.2, -0.15) is 5.10 Å². The van der Waals surface area contributed by atoms with E-state index in [9.17, 15) is 9.90 Å². The van der Waals surface area contributed by atoms with Crippen molar-refractivity contribution in [3.8, 4) is 0 Å². The number of amides is 1. The number of carbonyl (C=O) groups excluding carboxylic acids is 1. The monoisotopic (exact) mass is 360 g/mol. The lowest BCUT2D eigenvalue weighted by Gasteiger charge is -2.29. The molecule has 0 saturated heterocycles. The SMILES string of the molecule is Cc1cc(CC(=O)Nc2cc([C@H]3CC[C@@H](O)CC3)n(C(C)(C)C)n2)on1. The minimum Gasteiger partial charge on any atom is -0.393 e. The molecule has 3 rings (SSSR count). The molecular weight excluding hydrogens is 332 g/mol. The van der Waals surface area contributed by atoms with Crippen LogP contribution in [0.3, 0.4) is 0 Å². The van der Waals surface area contributed by atoms with E-state index in [0.29, 0.717) is 17.5 Å². The standard InChI is InChI=1S/C19H28N4O3/c1-12-9-15(26-22-12)10-18(25)20-17-11-16(23(21-17)19(2,3)4)13-5-7-14(24)8-6-13/h9,11,13-14,24H,5-8,10H2,1-4H3,(H,20,21,25)/t13-,14+. The minimum absolute atomic E-state index is 0.133. The minimum atomic E-state index is -0.193. The van der Waals surface area contributed by atoms with E-state index in [4.69, 9.17) is 4.52 Å². The molecule has 1 fully saturated rings. The van der Waals surface area contributed by atoms with Crippen molar-refractivity contribution in [1.82, 2.24) is 14.9 Å². The Morgan fingerprint density at radius 3 is 2.58 bits per heavy atom. The molecule has 0 spiro atoms. The maximum Gasteiger partial charge on any atom is 0.233 e. The van der Waals surface area contributed by atoms with Crippen molar-refractivity contribution < 1.29 is 14.4 Å². The number of hydrogen-bond acceptors (Lipinski definition) is 5. The summed E-state index contributed by atoms with van der Waals surface area (Å²) in [7, 11) is 0. The summed E-state index contributed by atoms with van der Waals surface area (Å²) in [6.45, 7) is 8.13. The zero-order valence-corrected chi connectivity index (χ0v) is 16.0. The molecule has 0 aromatic carbocycles. The Balaban J connectivity index is 1.76. The number of aliphatic hydroxyl groups excluding tert-OH is 1. The van der Waals surface area contributed by atoms with Crippen molar-refractivity contribution in [1.29, 1.82) is 0 Å². The molecule has 1 amide bonds. The molecule has 0 aliphatic heterocycles. The third kappa shape index (κ3) is 4.33. The van der Waals surface area contributed by atoms with Gasteiger partial charge in [-0.3, -0.25) is 9.48 Å². The normalized spacial score (nSPS) is 21.0. The highest BCUT2D eigenvalue weighted by Crippen LogP contribution is 2.36. The molecule has 0 bridgehead atoms. The van der Waals surface area contributed by atoms with Crippen LogP contribution in [0, 0.1) is 6.92 Å². The van der Waals surface area contributed by atoms with E-state index in [2.05, 4.69) is 36.3 Å². The second-order valence-electron chi connectivity index (χ2n) is 8.20. The molecule has 1 saturated carbocycles. The van der Waals surface area contributed by atoms with Crippen molar-refractivity contribution >= 4 is 11.7 Å². The van der Waals surface area contributed by atoms with E-state index in [1.165, 1.54) is 0 Å². The summed E-state index contributed by atoms with van der Waals surface area (Å²) in [6, 6.07) is 3.73. The van der Waals surface area contributed by atoms with Gasteiger partial charge in [0.05, 0.1) is 23.8 Å². The lowest BCUT2D eigenvalue weighted by Crippen LogP contribution is -2.28. The number of aromatic nitrogens is 3. The highest BCUT2D eigenvalue weighted by Gasteiger charge is 2.28. The topological polar surface area (TPSA) is 93.2 Å². The molecule has 7 heteroatoms. The van der Waals surface area contributed by atoms with Crippen molar-refractivity contribution in [3.63, 3.8) is 0 Å². The Morgan fingerprint density at radius 2 is 2.00 bits per heavy atom. The van der Waals surface area contributed by atoms with E-state index >= 15 is 0 Å². The predicted octanol–water partition coefficient (Wildman–Crippen LogP) is 3.13. The summed E-state index contributed by atoms with van der Waals surface area (Å²) in [5, 5.41) is 21.1. The molecule has 1 aliphatic rings. The fraction of sp³-hybridized carbons (Fsp3) is 0.632. The largest absolute Gasteiger partial charge is 0.393 e. The van der Waals surface area contributed by atoms with Crippen molar-refractivity contribution in [2.75, 3.05) is 5.32 Å². The van der Waals surface area contributed by atoms with Gasteiger partial charge >= 0.3 is 0 Å². The summed E-state index contributed by atoms with van der Waals surface area (Å²) in [5.41, 5.74) is 1.69. The van der Waals surface area contributed by atoms with Gasteiger partial charge in [0.25, 0.3) is 0 Å². The smallest absolute Gasteiger partial charge is 0.233 e. The Labute approximate surface area is 153 Å². The summed E-state index contributed by atoms with van der Waals surface area (Å²) >= 11 is 0. The lowest BCUT2D eigenvalue weighted by atomic mass is 9.85. The molecule has 0 atom stereocenters. The van der Waals surface area contributed by atoms with Crippen LogP contribution in [-0.2, 0) is 16.8 Å². The van der Waals surface area contributed by atoms with E-state index in [0.717, 1.165) is 37.1 Å². The molecule has 1 aliphatic carbocycles. The van der Waals surface area contributed by atoms with Crippen LogP contribution in [-0.4, -0.2) is 32.1 Å². The fourth-order valence-electron chi connectivity index (χ4n) is 3.50. The number of rotatable bonds is 4. The third-order valence-electron chi connectivity index (χ3n) is 4.77. The van der Waals surface area contributed by atoms with Crippen LogP contribution in [0.15, 0.2) is 16.7 Å². The first-order valence-corrected chi connectivity index (χ1v) is 9.23. The molecule has 2 aromatic rings. The zero-order chi connectivity index (χ0) is 18.9. The van der Waals surface area contributed by atoms with E-state index in [-0.39, 0.29) is 24.0 Å². The Kier molecular flexibility index (Phi) is 5.18. The van der Waals surface area contributed by atoms with Crippen molar-refractivity contribution in [2.45, 2.75) is 77.4 Å². The number of anilines is 1. The summed E-state index contributed by atoms with van der Waals surface area (Å²) in [4.78, 5) is 12.3. The van der Waals surface area contributed by atoms with Gasteiger partial charge in [-0.15, -0.1) is 0 Å². The van der Waals surface area contributed by atoms with E-state index in [1.807, 2.05) is 17.7 Å². The molecule has 2 heterocycles. The van der Waals surface area contributed by atoms with Crippen LogP contribution in [0.25, 0.3) is 0 Å². The highest BCUT2D eigenvalue weighted by atomic mass is 16.5. The van der Waals surface area contributed by atoms with E-state index < -0.39 is 0 Å². The second-order valence-corrected chi connectivity index (χ2v) is 8.20. The average Bonchev–Trinajstić information content (AvgIpc) is 3.14. The van der Waals surface area contributed by atoms with E-state index in [1.54, 1.807) is 6.07 Å². The molecular formula is C19H28N4O3. The number of aryl methyl sites for hydroxylation is 1. The van der Waals surface area contributed by atoms with Crippen molar-refractivity contribution in [3.05, 3.63) is 29.3 Å². The number of hydrogen-bond donors (Lipinski definition) is 2. The second kappa shape index (κ2) is 7.23. The first kappa shape index (κ1) is 18.6. The van der Waals surface area contributed by atoms with Crippen LogP contribution in [0.4, 0.5) is 5.82 Å². The molecule has 26 heavy (non-hydrogen) atoms. The molecule has 0 unspecified atom stereocenters. The van der Waals surface area contributed by atoms with Gasteiger partial charge in [-0.05, 0) is 53.4 Å². The maximum atomic E-state index is 12.3. The van der Waals surface area contributed by atoms with Gasteiger partial charge < -0.3 is 14.9 Å². The molecule has 142 valence electrons. The Bertz CT molecular complexity index is 764. The fourth-order valence-corrected chi connectivity index (χ4v) is 3.50. The molecule has 2 aromatic heterocycles. The van der Waals surface area contributed by atoms with Crippen LogP contribution in [0.5, 0.6) is 0 Å². The number of nitrogens with zero attached hydrogens (tertiary/aromatic N) is 3. The summed E-state index contributed by atoms with van der Waals surface area (Å²) in [6.07, 6.45) is 3.44. The number of carbonyl (C=O) groups is 1. The van der Waals surface area contributed by atoms with Crippen LogP contribution >= 0.6 is 0 Å². The van der Waals surface area contributed by atoms with Crippen molar-refractivity contribution in [2.24, 2.45) is 0 Å². The van der Waals surface area contributed by atoms with Gasteiger partial charge in [0.2, 0.25) is 5.91 Å². The Morgan fingerprint density at radius 1 is 1.31 bits per heavy atom. The predicted molar refractivity (Wildman–Crippen MR) is 98.0 cm³/mol. The van der Waals surface area contributed by atoms with Crippen LogP contribution in [0.2, 0.25) is 0 Å². The average molecular weight is 360 g/mol. The number of aliphatic hydroxyl groups is 1. The van der Waals surface area contributed by atoms with Gasteiger partial charge in [0, 0.05) is 23.7 Å².